The van der Waals surface area contributed by atoms with Gasteiger partial charge >= 0.3 is 5.97 Å². The number of aliphatic carboxylic acids is 1. The van der Waals surface area contributed by atoms with Crippen molar-refractivity contribution in [1.82, 2.24) is 9.88 Å². The summed E-state index contributed by atoms with van der Waals surface area (Å²) in [6.45, 7) is 4.45. The summed E-state index contributed by atoms with van der Waals surface area (Å²) in [6.07, 6.45) is 5.29. The average molecular weight is 254 g/mol. The molecule has 1 aromatic rings. The molecule has 0 bridgehead atoms. The van der Waals surface area contributed by atoms with Gasteiger partial charge in [-0.25, -0.2) is 4.98 Å². The van der Waals surface area contributed by atoms with Crippen LogP contribution in [0.1, 0.15) is 36.1 Å². The summed E-state index contributed by atoms with van der Waals surface area (Å²) in [5.41, 5.74) is 0. The first kappa shape index (κ1) is 12.5. The lowest BCUT2D eigenvalue weighted by Crippen LogP contribution is -2.48. The number of rotatable bonds is 5. The fraction of sp³-hybridized carbons (Fsp3) is 0.667. The molecular weight excluding hydrogens is 236 g/mol. The first-order valence-corrected chi connectivity index (χ1v) is 6.79. The predicted molar refractivity (Wildman–Crippen MR) is 67.1 cm³/mol. The fourth-order valence-corrected chi connectivity index (χ4v) is 2.87. The molecule has 4 nitrogen and oxygen atoms in total. The van der Waals surface area contributed by atoms with E-state index >= 15 is 0 Å². The van der Waals surface area contributed by atoms with E-state index in [0.717, 1.165) is 17.8 Å². The fourth-order valence-electron chi connectivity index (χ4n) is 2.07. The van der Waals surface area contributed by atoms with Crippen molar-refractivity contribution in [2.75, 3.05) is 0 Å². The van der Waals surface area contributed by atoms with Crippen LogP contribution in [0.25, 0.3) is 0 Å². The van der Waals surface area contributed by atoms with Crippen LogP contribution in [0, 0.1) is 6.92 Å². The topological polar surface area (TPSA) is 53.4 Å². The molecule has 0 aromatic carbocycles. The van der Waals surface area contributed by atoms with Crippen LogP contribution in [0.2, 0.25) is 0 Å². The highest BCUT2D eigenvalue weighted by Crippen LogP contribution is 2.28. The van der Waals surface area contributed by atoms with Crippen molar-refractivity contribution in [3.05, 3.63) is 16.1 Å². The molecular formula is C12H18N2O2S. The molecule has 0 amide bonds. The van der Waals surface area contributed by atoms with E-state index in [1.165, 1.54) is 11.3 Å². The number of aromatic nitrogens is 1. The molecule has 1 aliphatic rings. The highest BCUT2D eigenvalue weighted by molar-refractivity contribution is 7.11. The minimum absolute atomic E-state index is 0.422. The molecule has 5 heteroatoms. The number of nitrogens with zero attached hydrogens (tertiary/aromatic N) is 2. The Morgan fingerprint density at radius 1 is 1.71 bits per heavy atom. The van der Waals surface area contributed by atoms with E-state index in [4.69, 9.17) is 5.11 Å². The van der Waals surface area contributed by atoms with Gasteiger partial charge in [0.25, 0.3) is 0 Å². The summed E-state index contributed by atoms with van der Waals surface area (Å²) in [6, 6.07) is -0.00480. The van der Waals surface area contributed by atoms with Gasteiger partial charge < -0.3 is 5.11 Å². The van der Waals surface area contributed by atoms with E-state index in [1.807, 2.05) is 13.1 Å². The molecule has 94 valence electrons. The van der Waals surface area contributed by atoms with Gasteiger partial charge in [0.2, 0.25) is 0 Å². The van der Waals surface area contributed by atoms with Crippen LogP contribution in [-0.2, 0) is 11.3 Å². The van der Waals surface area contributed by atoms with E-state index in [1.54, 1.807) is 18.3 Å². The summed E-state index contributed by atoms with van der Waals surface area (Å²) in [5, 5.41) is 10.2. The smallest absolute Gasteiger partial charge is 0.320 e. The summed E-state index contributed by atoms with van der Waals surface area (Å²) in [4.78, 5) is 18.7. The van der Waals surface area contributed by atoms with Crippen LogP contribution in [0.3, 0.4) is 0 Å². The zero-order valence-corrected chi connectivity index (χ0v) is 11.0. The molecule has 17 heavy (non-hydrogen) atoms. The van der Waals surface area contributed by atoms with E-state index in [0.29, 0.717) is 12.6 Å². The Labute approximate surface area is 105 Å². The molecule has 1 heterocycles. The largest absolute Gasteiger partial charge is 0.480 e. The second-order valence-electron chi connectivity index (χ2n) is 4.64. The third-order valence-electron chi connectivity index (χ3n) is 3.39. The molecule has 0 aliphatic heterocycles. The van der Waals surface area contributed by atoms with E-state index in [9.17, 15) is 4.79 Å². The number of hydrogen-bond donors (Lipinski definition) is 1. The molecule has 0 spiro atoms. The SMILES string of the molecule is Cc1cnc(CN(C2CCC2)C(C)C(=O)O)s1. The zero-order valence-electron chi connectivity index (χ0n) is 10.2. The zero-order chi connectivity index (χ0) is 12.4. The van der Waals surface area contributed by atoms with Crippen molar-refractivity contribution in [3.8, 4) is 0 Å². The maximum atomic E-state index is 11.1. The molecule has 1 aliphatic carbocycles. The van der Waals surface area contributed by atoms with Gasteiger partial charge in [-0.15, -0.1) is 11.3 Å². The Morgan fingerprint density at radius 3 is 2.82 bits per heavy atom. The molecule has 0 saturated heterocycles. The van der Waals surface area contributed by atoms with Crippen LogP contribution < -0.4 is 0 Å². The van der Waals surface area contributed by atoms with Crippen molar-refractivity contribution in [1.29, 1.82) is 0 Å². The van der Waals surface area contributed by atoms with Gasteiger partial charge in [-0.05, 0) is 26.7 Å². The minimum atomic E-state index is -0.745. The lowest BCUT2D eigenvalue weighted by Gasteiger charge is -2.39. The maximum Gasteiger partial charge on any atom is 0.320 e. The minimum Gasteiger partial charge on any atom is -0.480 e. The Morgan fingerprint density at radius 2 is 2.41 bits per heavy atom. The Balaban J connectivity index is 2.07. The first-order chi connectivity index (χ1) is 8.08. The summed E-state index contributed by atoms with van der Waals surface area (Å²) in [7, 11) is 0. The van der Waals surface area contributed by atoms with Crippen molar-refractivity contribution in [3.63, 3.8) is 0 Å². The van der Waals surface area contributed by atoms with Crippen molar-refractivity contribution >= 4 is 17.3 Å². The van der Waals surface area contributed by atoms with Gasteiger partial charge in [0.15, 0.2) is 0 Å². The van der Waals surface area contributed by atoms with E-state index in [-0.39, 0.29) is 0 Å². The van der Waals surface area contributed by atoms with Crippen LogP contribution in [0.15, 0.2) is 6.20 Å². The number of carboxylic acids is 1. The van der Waals surface area contributed by atoms with Gasteiger partial charge in [-0.2, -0.15) is 0 Å². The Bertz CT molecular complexity index is 401. The monoisotopic (exact) mass is 254 g/mol. The number of carboxylic acid groups (broad SMARTS) is 1. The first-order valence-electron chi connectivity index (χ1n) is 5.98. The van der Waals surface area contributed by atoms with Crippen LogP contribution in [0.5, 0.6) is 0 Å². The van der Waals surface area contributed by atoms with E-state index in [2.05, 4.69) is 9.88 Å². The number of hydrogen-bond acceptors (Lipinski definition) is 4. The molecule has 0 radical (unpaired) electrons. The molecule has 1 unspecified atom stereocenters. The van der Waals surface area contributed by atoms with E-state index < -0.39 is 12.0 Å². The molecule has 2 rings (SSSR count). The highest BCUT2D eigenvalue weighted by Gasteiger charge is 2.32. The number of aryl methyl sites for hydroxylation is 1. The average Bonchev–Trinajstić information content (AvgIpc) is 2.59. The second kappa shape index (κ2) is 5.14. The van der Waals surface area contributed by atoms with Crippen molar-refractivity contribution < 1.29 is 9.90 Å². The van der Waals surface area contributed by atoms with Crippen molar-refractivity contribution in [2.24, 2.45) is 0 Å². The van der Waals surface area contributed by atoms with Crippen LogP contribution in [-0.4, -0.2) is 33.0 Å². The normalized spacial score (nSPS) is 18.1. The van der Waals surface area contributed by atoms with Gasteiger partial charge in [-0.3, -0.25) is 9.69 Å². The third-order valence-corrected chi connectivity index (χ3v) is 4.28. The molecule has 1 fully saturated rings. The molecule has 1 aromatic heterocycles. The van der Waals surface area contributed by atoms with Gasteiger partial charge in [0.05, 0.1) is 6.54 Å². The third kappa shape index (κ3) is 2.84. The number of carbonyl (C=O) groups is 1. The highest BCUT2D eigenvalue weighted by atomic mass is 32.1. The quantitative estimate of drug-likeness (QED) is 0.876. The van der Waals surface area contributed by atoms with Gasteiger partial charge in [-0.1, -0.05) is 6.42 Å². The van der Waals surface area contributed by atoms with Crippen molar-refractivity contribution in [2.45, 2.75) is 51.7 Å². The Kier molecular flexibility index (Phi) is 3.79. The lowest BCUT2D eigenvalue weighted by atomic mass is 9.90. The molecule has 1 saturated carbocycles. The van der Waals surface area contributed by atoms with Gasteiger partial charge in [0, 0.05) is 17.1 Å². The predicted octanol–water partition coefficient (Wildman–Crippen LogP) is 2.28. The second-order valence-corrected chi connectivity index (χ2v) is 5.96. The molecule has 1 N–H and O–H groups in total. The summed E-state index contributed by atoms with van der Waals surface area (Å²) in [5.74, 6) is -0.745. The van der Waals surface area contributed by atoms with Crippen LogP contribution in [0.4, 0.5) is 0 Å². The number of thiazole rings is 1. The molecule has 1 atom stereocenters. The summed E-state index contributed by atoms with van der Waals surface area (Å²) >= 11 is 1.65. The Hall–Kier alpha value is -0.940. The standard InChI is InChI=1S/C12H18N2O2S/c1-8-6-13-11(17-8)7-14(9(2)12(15)16)10-4-3-5-10/h6,9-10H,3-5,7H2,1-2H3,(H,15,16). The van der Waals surface area contributed by atoms with Crippen LogP contribution >= 0.6 is 11.3 Å². The summed E-state index contributed by atoms with van der Waals surface area (Å²) < 4.78 is 0. The maximum absolute atomic E-state index is 11.1. The van der Waals surface area contributed by atoms with Gasteiger partial charge in [0.1, 0.15) is 11.0 Å². The lowest BCUT2D eigenvalue weighted by molar-refractivity contribution is -0.144.